The van der Waals surface area contributed by atoms with E-state index in [0.29, 0.717) is 23.9 Å². The van der Waals surface area contributed by atoms with Crippen molar-refractivity contribution in [1.82, 2.24) is 5.32 Å². The molecule has 0 radical (unpaired) electrons. The molecular formula is C44H81N2O7P. The average molecular weight is 781 g/mol. The summed E-state index contributed by atoms with van der Waals surface area (Å²) in [5.41, 5.74) is 0. The van der Waals surface area contributed by atoms with Crippen LogP contribution in [0.4, 0.5) is 0 Å². The number of rotatable bonds is 38. The van der Waals surface area contributed by atoms with Crippen LogP contribution >= 0.6 is 7.82 Å². The van der Waals surface area contributed by atoms with Gasteiger partial charge in [-0.15, -0.1) is 0 Å². The molecule has 0 spiro atoms. The molecule has 0 rings (SSSR count). The van der Waals surface area contributed by atoms with Crippen LogP contribution in [0.2, 0.25) is 0 Å². The molecule has 0 saturated heterocycles. The van der Waals surface area contributed by atoms with Gasteiger partial charge < -0.3 is 28.8 Å². The van der Waals surface area contributed by atoms with Gasteiger partial charge in [0.15, 0.2) is 5.78 Å². The van der Waals surface area contributed by atoms with Gasteiger partial charge in [-0.2, -0.15) is 0 Å². The van der Waals surface area contributed by atoms with Crippen LogP contribution in [0.3, 0.4) is 0 Å². The van der Waals surface area contributed by atoms with Crippen LogP contribution in [0.1, 0.15) is 168 Å². The molecule has 54 heavy (non-hydrogen) atoms. The number of unbranched alkanes of at least 4 members (excludes halogenated alkanes) is 16. The van der Waals surface area contributed by atoms with Gasteiger partial charge in [0.25, 0.3) is 7.82 Å². The minimum atomic E-state index is -4.63. The zero-order valence-corrected chi connectivity index (χ0v) is 36.1. The maximum absolute atomic E-state index is 12.8. The Balaban J connectivity index is 4.63. The molecule has 3 atom stereocenters. The first-order valence-electron chi connectivity index (χ1n) is 21.4. The van der Waals surface area contributed by atoms with Gasteiger partial charge >= 0.3 is 0 Å². The highest BCUT2D eigenvalue weighted by Gasteiger charge is 2.24. The summed E-state index contributed by atoms with van der Waals surface area (Å²) >= 11 is 0. The molecule has 0 fully saturated rings. The van der Waals surface area contributed by atoms with E-state index in [1.54, 1.807) is 6.08 Å². The van der Waals surface area contributed by atoms with Gasteiger partial charge in [0.1, 0.15) is 13.2 Å². The number of amides is 1. The first-order valence-corrected chi connectivity index (χ1v) is 22.9. The first kappa shape index (κ1) is 52.1. The number of carbonyl (C=O) groups is 2. The van der Waals surface area contributed by atoms with E-state index in [4.69, 9.17) is 9.05 Å². The lowest BCUT2D eigenvalue weighted by Gasteiger charge is -2.30. The Morgan fingerprint density at radius 2 is 1.24 bits per heavy atom. The molecule has 9 nitrogen and oxygen atoms in total. The van der Waals surface area contributed by atoms with Crippen molar-refractivity contribution < 1.29 is 37.7 Å². The summed E-state index contributed by atoms with van der Waals surface area (Å²) in [6, 6.07) is -0.916. The van der Waals surface area contributed by atoms with Crippen molar-refractivity contribution in [3.05, 3.63) is 48.6 Å². The molecule has 0 saturated carbocycles. The van der Waals surface area contributed by atoms with E-state index >= 15 is 0 Å². The predicted octanol–water partition coefficient (Wildman–Crippen LogP) is 10.2. The Kier molecular flexibility index (Phi) is 34.3. The lowest BCUT2D eigenvalue weighted by atomic mass is 10.0. The molecule has 314 valence electrons. The van der Waals surface area contributed by atoms with E-state index < -0.39 is 26.6 Å². The summed E-state index contributed by atoms with van der Waals surface area (Å²) in [6.45, 7) is 4.47. The van der Waals surface area contributed by atoms with Crippen molar-refractivity contribution in [3.8, 4) is 0 Å². The minimum Gasteiger partial charge on any atom is -0.756 e. The summed E-state index contributed by atoms with van der Waals surface area (Å²) in [5, 5.41) is 13.7. The van der Waals surface area contributed by atoms with Gasteiger partial charge in [0.2, 0.25) is 5.91 Å². The van der Waals surface area contributed by atoms with Crippen molar-refractivity contribution in [2.45, 2.75) is 180 Å². The number of phosphoric acid groups is 1. The first-order chi connectivity index (χ1) is 25.9. The number of hydrogen-bond acceptors (Lipinski definition) is 7. The second-order valence-corrected chi connectivity index (χ2v) is 17.1. The van der Waals surface area contributed by atoms with E-state index in [1.807, 2.05) is 33.3 Å². The number of quaternary nitrogens is 1. The number of nitrogens with one attached hydrogen (secondary N) is 1. The Morgan fingerprint density at radius 3 is 1.83 bits per heavy atom. The van der Waals surface area contributed by atoms with Gasteiger partial charge in [-0.3, -0.25) is 14.2 Å². The van der Waals surface area contributed by atoms with Gasteiger partial charge in [0, 0.05) is 12.8 Å². The third-order valence-corrected chi connectivity index (χ3v) is 10.3. The fourth-order valence-corrected chi connectivity index (χ4v) is 6.54. The number of phosphoric ester groups is 1. The largest absolute Gasteiger partial charge is 0.756 e. The van der Waals surface area contributed by atoms with E-state index in [-0.39, 0.29) is 31.1 Å². The molecule has 0 aromatic carbocycles. The lowest BCUT2D eigenvalue weighted by molar-refractivity contribution is -0.870. The number of aliphatic hydroxyl groups excluding tert-OH is 1. The third kappa shape index (κ3) is 37.1. The molecule has 0 aliphatic heterocycles. The highest BCUT2D eigenvalue weighted by molar-refractivity contribution is 7.45. The summed E-state index contributed by atoms with van der Waals surface area (Å²) in [6.07, 6.45) is 39.6. The van der Waals surface area contributed by atoms with E-state index in [9.17, 15) is 24.2 Å². The Morgan fingerprint density at radius 1 is 0.704 bits per heavy atom. The minimum absolute atomic E-state index is 0.0324. The zero-order chi connectivity index (χ0) is 40.2. The second kappa shape index (κ2) is 35.5. The lowest BCUT2D eigenvalue weighted by Crippen LogP contribution is -2.46. The van der Waals surface area contributed by atoms with E-state index in [1.165, 1.54) is 96.0 Å². The van der Waals surface area contributed by atoms with Crippen LogP contribution < -0.4 is 10.2 Å². The van der Waals surface area contributed by atoms with E-state index in [2.05, 4.69) is 43.5 Å². The smallest absolute Gasteiger partial charge is 0.268 e. The Hall–Kier alpha value is -1.87. The highest BCUT2D eigenvalue weighted by Crippen LogP contribution is 2.38. The molecular weight excluding hydrogens is 699 g/mol. The van der Waals surface area contributed by atoms with Crippen LogP contribution in [0, 0.1) is 0 Å². The number of carbonyl (C=O) groups excluding carboxylic acids is 2. The van der Waals surface area contributed by atoms with Crippen molar-refractivity contribution in [2.75, 3.05) is 40.9 Å². The molecule has 0 aromatic heterocycles. The van der Waals surface area contributed by atoms with Crippen LogP contribution in [0.5, 0.6) is 0 Å². The molecule has 1 unspecified atom stereocenters. The molecule has 2 N–H and O–H groups in total. The molecule has 10 heteroatoms. The van der Waals surface area contributed by atoms with E-state index in [0.717, 1.165) is 38.5 Å². The number of aliphatic hydroxyl groups is 1. The SMILES string of the molecule is CCCCC/C=C\C/C=C\C/C=C\C=C\C(=O)CCCC(=O)N[C@@H](COP(=O)([O-])OCC[N+](C)(C)C)[C@H](O)CCCCCCCCCCCCCCCC. The molecule has 0 aromatic rings. The van der Waals surface area contributed by atoms with Crippen LogP contribution in [-0.4, -0.2) is 74.3 Å². The van der Waals surface area contributed by atoms with Gasteiger partial charge in [0.05, 0.1) is 39.9 Å². The maximum Gasteiger partial charge on any atom is 0.268 e. The third-order valence-electron chi connectivity index (χ3n) is 9.30. The Labute approximate surface area is 331 Å². The monoisotopic (exact) mass is 781 g/mol. The quantitative estimate of drug-likeness (QED) is 0.0160. The van der Waals surface area contributed by atoms with Crippen LogP contribution in [0.15, 0.2) is 48.6 Å². The van der Waals surface area contributed by atoms with Crippen LogP contribution in [-0.2, 0) is 23.2 Å². The van der Waals surface area contributed by atoms with Crippen molar-refractivity contribution in [3.63, 3.8) is 0 Å². The standard InChI is InChI=1S/C44H81N2O7P/c1-6-8-10-12-14-16-18-20-22-24-26-28-30-32-36-43(48)42(40-53-54(50,51)52-39-38-46(3,4)5)45-44(49)37-33-35-41(47)34-31-29-27-25-23-21-19-17-15-13-11-9-7-2/h15,17,21,23,27,29,31,34,42-43,48H,6-14,16,18-20,22,24-26,28,30,32-33,35-40H2,1-5H3,(H-,45,49,50,51)/b17-15-,23-21-,29-27-,34-31+/t42-,43+/m0/s1. The number of allylic oxidation sites excluding steroid dienone is 8. The summed E-state index contributed by atoms with van der Waals surface area (Å²) in [5.74, 6) is -0.443. The van der Waals surface area contributed by atoms with Crippen LogP contribution in [0.25, 0.3) is 0 Å². The van der Waals surface area contributed by atoms with Crippen molar-refractivity contribution >= 4 is 19.5 Å². The number of ketones is 1. The highest BCUT2D eigenvalue weighted by atomic mass is 31.2. The molecule has 0 heterocycles. The van der Waals surface area contributed by atoms with Gasteiger partial charge in [-0.25, -0.2) is 0 Å². The molecule has 0 aliphatic carbocycles. The molecule has 0 aliphatic rings. The topological polar surface area (TPSA) is 125 Å². The number of nitrogens with zero attached hydrogens (tertiary/aromatic N) is 1. The fraction of sp³-hybridized carbons (Fsp3) is 0.773. The summed E-state index contributed by atoms with van der Waals surface area (Å²) in [7, 11) is 1.15. The molecule has 1 amide bonds. The zero-order valence-electron chi connectivity index (χ0n) is 35.2. The fourth-order valence-electron chi connectivity index (χ4n) is 5.81. The Bertz CT molecular complexity index is 1080. The van der Waals surface area contributed by atoms with Crippen molar-refractivity contribution in [2.24, 2.45) is 0 Å². The maximum atomic E-state index is 12.8. The number of likely N-dealkylation sites (N-methyl/N-ethyl adjacent to an activating group) is 1. The van der Waals surface area contributed by atoms with Gasteiger partial charge in [-0.05, 0) is 44.6 Å². The van der Waals surface area contributed by atoms with Gasteiger partial charge in [-0.1, -0.05) is 159 Å². The second-order valence-electron chi connectivity index (χ2n) is 15.7. The normalized spacial score (nSPS) is 14.8. The molecule has 0 bridgehead atoms. The summed E-state index contributed by atoms with van der Waals surface area (Å²) in [4.78, 5) is 37.6. The van der Waals surface area contributed by atoms with Crippen molar-refractivity contribution in [1.29, 1.82) is 0 Å². The average Bonchev–Trinajstić information content (AvgIpc) is 3.11. The number of hydrogen-bond donors (Lipinski definition) is 2. The summed E-state index contributed by atoms with van der Waals surface area (Å²) < 4.78 is 23.1. The predicted molar refractivity (Wildman–Crippen MR) is 224 cm³/mol.